The molecule has 3 unspecified atom stereocenters. The number of carbonyl (C=O) groups excluding carboxylic acids is 3. The number of likely N-dealkylation sites (tertiary alicyclic amines) is 1. The quantitative estimate of drug-likeness (QED) is 0.0752. The van der Waals surface area contributed by atoms with Crippen LogP contribution in [0.3, 0.4) is 0 Å². The molecule has 1 N–H and O–H groups in total. The van der Waals surface area contributed by atoms with Crippen LogP contribution in [0.4, 0.5) is 23.8 Å². The zero-order chi connectivity index (χ0) is 70.9. The van der Waals surface area contributed by atoms with Crippen LogP contribution in [0.5, 0.6) is 11.9 Å². The molecule has 5 aliphatic rings. The van der Waals surface area contributed by atoms with Gasteiger partial charge in [-0.3, -0.25) is 24.4 Å². The molecule has 5 fully saturated rings. The molecule has 0 saturated carbocycles. The Morgan fingerprint density at radius 3 is 2.18 bits per heavy atom. The Kier molecular flexibility index (Phi) is 18.9. The van der Waals surface area contributed by atoms with E-state index in [2.05, 4.69) is 82.5 Å². The molecular weight excluding hydrogens is 1320 g/mol. The lowest BCUT2D eigenvalue weighted by Crippen LogP contribution is -2.67. The Bertz CT molecular complexity index is 4500. The number of halogens is 3. The van der Waals surface area contributed by atoms with Gasteiger partial charge in [-0.1, -0.05) is 144 Å². The van der Waals surface area contributed by atoms with E-state index in [1.54, 1.807) is 34.4 Å². The SMILES string of the molecule is Cc1ncsc1-c1ccc([C@H](C)NC(=O)[C@@H]2C[C@@H](O[Si](c3ccccc3)(c3ccccc3)C(C)(C)C)CN2C(=O)C(c2cc(OC[C@@H]3CC[C@]4(COc5nc(N6CC7CCC(C6)N7C(=O)OC(C)(C)C)c6cnc(-c7cccc8ccc(F)c(F)c78)c(F)c6n5)CCCN34)no2)C(C)C)cc1. The lowest BCUT2D eigenvalue weighted by atomic mass is 9.91. The van der Waals surface area contributed by atoms with Gasteiger partial charge < -0.3 is 38.3 Å². The number of nitrogens with one attached hydrogen (secondary N) is 1. The highest BCUT2D eigenvalue weighted by molar-refractivity contribution is 7.13. The van der Waals surface area contributed by atoms with Crippen molar-refractivity contribution in [3.8, 4) is 33.6 Å². The normalized spacial score (nSPS) is 21.6. The summed E-state index contributed by atoms with van der Waals surface area (Å²) in [6, 6.07) is 36.1. The Hall–Kier alpha value is -8.77. The number of amides is 3. The first-order valence-corrected chi connectivity index (χ1v) is 38.1. The van der Waals surface area contributed by atoms with Gasteiger partial charge in [0.05, 0.1) is 51.2 Å². The summed E-state index contributed by atoms with van der Waals surface area (Å²) in [4.78, 5) is 72.2. The molecule has 2 bridgehead atoms. The van der Waals surface area contributed by atoms with Crippen molar-refractivity contribution in [2.24, 2.45) is 5.92 Å². The fourth-order valence-corrected chi connectivity index (χ4v) is 22.0. The van der Waals surface area contributed by atoms with Crippen LogP contribution in [0.1, 0.15) is 136 Å². The highest BCUT2D eigenvalue weighted by Crippen LogP contribution is 2.46. The fourth-order valence-electron chi connectivity index (χ4n) is 16.5. The first-order valence-electron chi connectivity index (χ1n) is 35.3. The van der Waals surface area contributed by atoms with E-state index >= 15 is 18.4 Å². The smallest absolute Gasteiger partial charge is 0.410 e. The molecular formula is C78H87F3N10O8SSi. The number of aryl methyl sites for hydroxylation is 1. The van der Waals surface area contributed by atoms with Crippen LogP contribution >= 0.6 is 11.3 Å². The van der Waals surface area contributed by atoms with Crippen molar-refractivity contribution >= 4 is 75.4 Å². The van der Waals surface area contributed by atoms with Gasteiger partial charge in [0.1, 0.15) is 47.8 Å². The van der Waals surface area contributed by atoms with Gasteiger partial charge in [-0.2, -0.15) is 9.97 Å². The van der Waals surface area contributed by atoms with Gasteiger partial charge in [0.2, 0.25) is 11.8 Å². The minimum Gasteiger partial charge on any atom is -0.474 e. The summed E-state index contributed by atoms with van der Waals surface area (Å²) >= 11 is 1.59. The van der Waals surface area contributed by atoms with Gasteiger partial charge in [0.25, 0.3) is 14.2 Å². The topological polar surface area (TPSA) is 191 Å². The molecule has 528 valence electrons. The molecule has 5 saturated heterocycles. The number of ether oxygens (including phenoxy) is 3. The second kappa shape index (κ2) is 27.5. The highest BCUT2D eigenvalue weighted by atomic mass is 32.1. The Morgan fingerprint density at radius 1 is 0.802 bits per heavy atom. The van der Waals surface area contributed by atoms with Crippen molar-refractivity contribution in [1.82, 2.24) is 45.1 Å². The molecule has 8 atom stereocenters. The van der Waals surface area contributed by atoms with Gasteiger partial charge in [0, 0.05) is 55.3 Å². The van der Waals surface area contributed by atoms with E-state index in [1.165, 1.54) is 18.3 Å². The highest BCUT2D eigenvalue weighted by Gasteiger charge is 2.55. The number of hydrogen-bond donors (Lipinski definition) is 1. The Balaban J connectivity index is 0.705. The van der Waals surface area contributed by atoms with E-state index in [-0.39, 0.29) is 113 Å². The standard InChI is InChI=1S/C78H87F3N10O8SSi/c1-46(2)64(73(93)89-42-55(99-101(77(8,9)10,56-20-13-11-14-21-56)57-22-15-12-16-23-57)37-61(89)72(92)84-47(3)49-25-27-51(28-26-49)70-48(4)83-45-100-70)62-38-63(87-98-62)95-43-54-33-35-78(34-18-36-90(54)78)44-96-74-85-69-59(39-82-68(67(69)81)58-24-17-19-50-29-32-60(79)66(80)65(50)58)71(86-74)88-40-52-30-31-53(41-88)91(52)75(94)97-76(5,6)7/h11-17,19-29,32,38-39,45-47,52-55,61,64H,18,30-31,33-37,40-44H2,1-10H3,(H,84,92)/t47-,52?,53?,54-,55+,61-,64?,78-/m0/s1. The monoisotopic (exact) mass is 1410 g/mol. The molecule has 3 amide bonds. The molecule has 4 aromatic heterocycles. The minimum absolute atomic E-state index is 0.0622. The number of aromatic nitrogens is 5. The Morgan fingerprint density at radius 2 is 1.51 bits per heavy atom. The average molecular weight is 1410 g/mol. The number of pyridine rings is 1. The van der Waals surface area contributed by atoms with Crippen molar-refractivity contribution in [3.05, 3.63) is 168 Å². The molecule has 0 radical (unpaired) electrons. The molecule has 0 aliphatic carbocycles. The van der Waals surface area contributed by atoms with Crippen molar-refractivity contribution < 1.29 is 50.7 Å². The molecule has 9 aromatic rings. The summed E-state index contributed by atoms with van der Waals surface area (Å²) in [5.74, 6) is -3.79. The van der Waals surface area contributed by atoms with Crippen LogP contribution in [0.15, 0.2) is 138 Å². The van der Waals surface area contributed by atoms with E-state index in [9.17, 15) is 9.18 Å². The predicted molar refractivity (Wildman–Crippen MR) is 385 cm³/mol. The summed E-state index contributed by atoms with van der Waals surface area (Å²) < 4.78 is 81.0. The first kappa shape index (κ1) is 69.3. The maximum Gasteiger partial charge on any atom is 0.410 e. The zero-order valence-electron chi connectivity index (χ0n) is 58.8. The molecule has 0 spiro atoms. The second-order valence-electron chi connectivity index (χ2n) is 30.3. The molecule has 18 nitrogen and oxygen atoms in total. The van der Waals surface area contributed by atoms with E-state index in [0.29, 0.717) is 35.4 Å². The van der Waals surface area contributed by atoms with Crippen LogP contribution in [0.25, 0.3) is 43.4 Å². The van der Waals surface area contributed by atoms with Crippen molar-refractivity contribution in [2.45, 2.75) is 173 Å². The third-order valence-corrected chi connectivity index (χ3v) is 27.3. The number of nitrogens with zero attached hydrogens (tertiary/aromatic N) is 9. The lowest BCUT2D eigenvalue weighted by Gasteiger charge is -2.44. The van der Waals surface area contributed by atoms with Gasteiger partial charge >= 0.3 is 12.1 Å². The third kappa shape index (κ3) is 13.2. The Labute approximate surface area is 592 Å². The number of thiazole rings is 1. The molecule has 23 heteroatoms. The van der Waals surface area contributed by atoms with Crippen molar-refractivity contribution in [3.63, 3.8) is 0 Å². The number of carbonyl (C=O) groups is 3. The number of benzene rings is 5. The van der Waals surface area contributed by atoms with Crippen LogP contribution < -0.4 is 30.1 Å². The fraction of sp³-hybridized carbons (Fsp3) is 0.436. The van der Waals surface area contributed by atoms with Gasteiger partial charge in [-0.05, 0) is 129 Å². The van der Waals surface area contributed by atoms with Crippen LogP contribution in [-0.4, -0.2) is 147 Å². The van der Waals surface area contributed by atoms with Crippen molar-refractivity contribution in [1.29, 1.82) is 0 Å². The average Bonchev–Trinajstić information content (AvgIpc) is 1.51. The maximum absolute atomic E-state index is 17.5. The summed E-state index contributed by atoms with van der Waals surface area (Å²) in [6.07, 6.45) is 5.51. The largest absolute Gasteiger partial charge is 0.474 e. The summed E-state index contributed by atoms with van der Waals surface area (Å²) in [5, 5.41) is 10.1. The van der Waals surface area contributed by atoms with Crippen molar-refractivity contribution in [2.75, 3.05) is 44.3 Å². The van der Waals surface area contributed by atoms with E-state index in [4.69, 9.17) is 33.1 Å². The van der Waals surface area contributed by atoms with E-state index < -0.39 is 55.0 Å². The maximum atomic E-state index is 17.5. The predicted octanol–water partition coefficient (Wildman–Crippen LogP) is 13.9. The van der Waals surface area contributed by atoms with Gasteiger partial charge in [0.15, 0.2) is 23.2 Å². The van der Waals surface area contributed by atoms with E-state index in [0.717, 1.165) is 83.2 Å². The first-order chi connectivity index (χ1) is 48.4. The molecule has 14 rings (SSSR count). The summed E-state index contributed by atoms with van der Waals surface area (Å²) in [5.41, 5.74) is 3.38. The van der Waals surface area contributed by atoms with Crippen LogP contribution in [0, 0.1) is 30.3 Å². The van der Waals surface area contributed by atoms with E-state index in [1.807, 2.05) is 112 Å². The lowest BCUT2D eigenvalue weighted by molar-refractivity contribution is -0.141. The molecule has 5 aromatic carbocycles. The van der Waals surface area contributed by atoms with Crippen LogP contribution in [-0.2, 0) is 18.8 Å². The summed E-state index contributed by atoms with van der Waals surface area (Å²) in [7, 11) is -3.16. The van der Waals surface area contributed by atoms with Gasteiger partial charge in [-0.25, -0.2) is 22.9 Å². The second-order valence-corrected chi connectivity index (χ2v) is 35.4. The number of anilines is 1. The molecule has 101 heavy (non-hydrogen) atoms. The van der Waals surface area contributed by atoms with Gasteiger partial charge in [-0.15, -0.1) is 11.3 Å². The molecule has 5 aliphatic heterocycles. The third-order valence-electron chi connectivity index (χ3n) is 21.3. The number of piperazine rings is 1. The van der Waals surface area contributed by atoms with Crippen LogP contribution in [0.2, 0.25) is 5.04 Å². The number of hydrogen-bond acceptors (Lipinski definition) is 16. The number of rotatable bonds is 19. The molecule has 9 heterocycles. The number of fused-ring (bicyclic) bond motifs is 5. The zero-order valence-corrected chi connectivity index (χ0v) is 60.7. The minimum atomic E-state index is -3.16. The summed E-state index contributed by atoms with van der Waals surface area (Å²) in [6.45, 7) is 22.2.